The largest absolute Gasteiger partial charge is 0.756 e. The van der Waals surface area contributed by atoms with E-state index in [9.17, 15) is 19.0 Å². The first-order valence-corrected chi connectivity index (χ1v) is 17.8. The standard InChI is InChI=1S/C34H60NO8P/c1-6-8-10-12-14-15-16-17-18-19-21-23-25-27-34(37)43-32(31-42-44(38,39)41-29-28-35(3,4)5)30-40-33(36)26-24-22-20-13-11-9-7-2/h8,10,12,14-16,20,22,32H,6-7,9,11,13,17-19,21,23-31H2,1-5H3/b10-8+,14-12+,16-15+,22-20+. The van der Waals surface area contributed by atoms with E-state index in [4.69, 9.17) is 18.5 Å². The van der Waals surface area contributed by atoms with Gasteiger partial charge in [0.15, 0.2) is 6.10 Å². The van der Waals surface area contributed by atoms with Crippen molar-refractivity contribution < 1.29 is 42.1 Å². The number of hydrogen-bond acceptors (Lipinski definition) is 8. The van der Waals surface area contributed by atoms with E-state index in [1.807, 2.05) is 45.4 Å². The van der Waals surface area contributed by atoms with E-state index >= 15 is 0 Å². The maximum atomic E-state index is 12.5. The summed E-state index contributed by atoms with van der Waals surface area (Å²) < 4.78 is 33.4. The van der Waals surface area contributed by atoms with Crippen molar-refractivity contribution in [2.75, 3.05) is 47.5 Å². The number of unbranched alkanes of at least 4 members (excludes halogenated alkanes) is 8. The average Bonchev–Trinajstić information content (AvgIpc) is 2.95. The van der Waals surface area contributed by atoms with Gasteiger partial charge in [-0.2, -0.15) is 0 Å². The number of quaternary nitrogens is 1. The Kier molecular flexibility index (Phi) is 26.0. The number of carbonyl (C=O) groups excluding carboxylic acids is 2. The van der Waals surface area contributed by atoms with Gasteiger partial charge in [-0.3, -0.25) is 14.2 Å². The number of carbonyl (C=O) groups is 2. The molecule has 0 heterocycles. The third kappa shape index (κ3) is 30.0. The predicted molar refractivity (Wildman–Crippen MR) is 176 cm³/mol. The maximum Gasteiger partial charge on any atom is 0.306 e. The second-order valence-corrected chi connectivity index (χ2v) is 13.3. The quantitative estimate of drug-likeness (QED) is 0.0217. The van der Waals surface area contributed by atoms with Gasteiger partial charge in [0.1, 0.15) is 19.8 Å². The fourth-order valence-corrected chi connectivity index (χ4v) is 4.51. The summed E-state index contributed by atoms with van der Waals surface area (Å²) in [6, 6.07) is 0. The third-order valence-electron chi connectivity index (χ3n) is 6.41. The van der Waals surface area contributed by atoms with E-state index in [0.29, 0.717) is 23.9 Å². The molecule has 0 bridgehead atoms. The molecular weight excluding hydrogens is 581 g/mol. The number of ether oxygens (including phenoxy) is 2. The highest BCUT2D eigenvalue weighted by molar-refractivity contribution is 7.45. The molecule has 0 amide bonds. The fraction of sp³-hybridized carbons (Fsp3) is 0.706. The highest BCUT2D eigenvalue weighted by atomic mass is 31.2. The number of phosphoric acid groups is 1. The number of esters is 2. The number of nitrogens with zero attached hydrogens (tertiary/aromatic N) is 1. The first-order chi connectivity index (χ1) is 21.0. The molecule has 0 N–H and O–H groups in total. The Labute approximate surface area is 267 Å². The van der Waals surface area contributed by atoms with Gasteiger partial charge in [-0.1, -0.05) is 94.6 Å². The second kappa shape index (κ2) is 27.3. The topological polar surface area (TPSA) is 111 Å². The monoisotopic (exact) mass is 641 g/mol. The lowest BCUT2D eigenvalue weighted by atomic mass is 10.1. The molecule has 0 aliphatic heterocycles. The lowest BCUT2D eigenvalue weighted by Crippen LogP contribution is -2.37. The summed E-state index contributed by atoms with van der Waals surface area (Å²) in [6.07, 6.45) is 27.5. The number of likely N-dealkylation sites (N-methyl/N-ethyl adjacent to an activating group) is 1. The van der Waals surface area contributed by atoms with Gasteiger partial charge in [0.2, 0.25) is 0 Å². The molecule has 0 aliphatic carbocycles. The van der Waals surface area contributed by atoms with Crippen LogP contribution in [0, 0.1) is 0 Å². The molecule has 0 aromatic carbocycles. The van der Waals surface area contributed by atoms with Gasteiger partial charge in [0.05, 0.1) is 27.7 Å². The van der Waals surface area contributed by atoms with E-state index in [1.165, 1.54) is 6.42 Å². The highest BCUT2D eigenvalue weighted by Gasteiger charge is 2.21. The van der Waals surface area contributed by atoms with Gasteiger partial charge < -0.3 is 27.9 Å². The average molecular weight is 642 g/mol. The van der Waals surface area contributed by atoms with Crippen LogP contribution in [-0.4, -0.2) is 70.0 Å². The lowest BCUT2D eigenvalue weighted by molar-refractivity contribution is -0.870. The Morgan fingerprint density at radius 2 is 1.36 bits per heavy atom. The number of phosphoric ester groups is 1. The smallest absolute Gasteiger partial charge is 0.306 e. The van der Waals surface area contributed by atoms with E-state index in [-0.39, 0.29) is 26.1 Å². The summed E-state index contributed by atoms with van der Waals surface area (Å²) >= 11 is 0. The van der Waals surface area contributed by atoms with Crippen molar-refractivity contribution in [1.82, 2.24) is 0 Å². The van der Waals surface area contributed by atoms with E-state index in [2.05, 4.69) is 38.2 Å². The van der Waals surface area contributed by atoms with Crippen LogP contribution in [0.4, 0.5) is 0 Å². The van der Waals surface area contributed by atoms with Gasteiger partial charge in [0.25, 0.3) is 7.82 Å². The summed E-state index contributed by atoms with van der Waals surface area (Å²) in [5.74, 6) is -0.934. The van der Waals surface area contributed by atoms with Crippen LogP contribution < -0.4 is 4.89 Å². The van der Waals surface area contributed by atoms with E-state index < -0.39 is 32.5 Å². The minimum Gasteiger partial charge on any atom is -0.756 e. The Hall–Kier alpha value is -2.03. The van der Waals surface area contributed by atoms with Crippen LogP contribution >= 0.6 is 7.82 Å². The van der Waals surface area contributed by atoms with Gasteiger partial charge in [-0.25, -0.2) is 0 Å². The molecule has 44 heavy (non-hydrogen) atoms. The number of allylic oxidation sites excluding steroid dienone is 8. The summed E-state index contributed by atoms with van der Waals surface area (Å²) in [5, 5.41) is 0. The van der Waals surface area contributed by atoms with Gasteiger partial charge in [-0.05, 0) is 44.9 Å². The maximum absolute atomic E-state index is 12.5. The number of hydrogen-bond donors (Lipinski definition) is 0. The molecule has 0 saturated heterocycles. The summed E-state index contributed by atoms with van der Waals surface area (Å²) in [5.41, 5.74) is 0. The second-order valence-electron chi connectivity index (χ2n) is 11.8. The Balaban J connectivity index is 4.59. The lowest BCUT2D eigenvalue weighted by Gasteiger charge is -2.28. The fourth-order valence-electron chi connectivity index (χ4n) is 3.79. The first-order valence-electron chi connectivity index (χ1n) is 16.4. The zero-order valence-corrected chi connectivity index (χ0v) is 29.0. The van der Waals surface area contributed by atoms with Crippen molar-refractivity contribution in [2.45, 2.75) is 110 Å². The van der Waals surface area contributed by atoms with E-state index in [1.54, 1.807) is 0 Å². The van der Waals surface area contributed by atoms with Crippen molar-refractivity contribution >= 4 is 19.8 Å². The third-order valence-corrected chi connectivity index (χ3v) is 7.37. The predicted octanol–water partition coefficient (Wildman–Crippen LogP) is 7.38. The first kappa shape index (κ1) is 42.0. The van der Waals surface area contributed by atoms with Crippen molar-refractivity contribution in [2.24, 2.45) is 0 Å². The van der Waals surface area contributed by atoms with Crippen LogP contribution in [0.25, 0.3) is 0 Å². The van der Waals surface area contributed by atoms with Crippen molar-refractivity contribution in [1.29, 1.82) is 0 Å². The highest BCUT2D eigenvalue weighted by Crippen LogP contribution is 2.38. The summed E-state index contributed by atoms with van der Waals surface area (Å²) in [6.45, 7) is 3.90. The zero-order valence-electron chi connectivity index (χ0n) is 28.1. The molecule has 2 unspecified atom stereocenters. The molecule has 0 rings (SSSR count). The van der Waals surface area contributed by atoms with Crippen LogP contribution in [0.2, 0.25) is 0 Å². The zero-order chi connectivity index (χ0) is 32.9. The molecule has 0 aromatic heterocycles. The summed E-state index contributed by atoms with van der Waals surface area (Å²) in [7, 11) is 1.12. The Morgan fingerprint density at radius 3 is 2.07 bits per heavy atom. The van der Waals surface area contributed by atoms with Crippen LogP contribution in [-0.2, 0) is 32.7 Å². The molecule has 0 aromatic rings. The molecule has 0 saturated carbocycles. The molecular formula is C34H60NO8P. The molecule has 10 heteroatoms. The molecule has 0 aliphatic rings. The van der Waals surface area contributed by atoms with Crippen LogP contribution in [0.3, 0.4) is 0 Å². The Bertz CT molecular complexity index is 907. The van der Waals surface area contributed by atoms with Crippen LogP contribution in [0.15, 0.2) is 48.6 Å². The van der Waals surface area contributed by atoms with Crippen LogP contribution in [0.1, 0.15) is 104 Å². The molecule has 254 valence electrons. The van der Waals surface area contributed by atoms with Crippen molar-refractivity contribution in [3.8, 4) is 0 Å². The number of rotatable bonds is 28. The minimum atomic E-state index is -4.62. The molecule has 2 atom stereocenters. The normalized spacial score (nSPS) is 14.6. The molecule has 9 nitrogen and oxygen atoms in total. The van der Waals surface area contributed by atoms with Gasteiger partial charge >= 0.3 is 11.9 Å². The Morgan fingerprint density at radius 1 is 0.727 bits per heavy atom. The van der Waals surface area contributed by atoms with Gasteiger partial charge in [-0.15, -0.1) is 0 Å². The molecule has 0 spiro atoms. The van der Waals surface area contributed by atoms with E-state index in [0.717, 1.165) is 57.8 Å². The minimum absolute atomic E-state index is 0.0420. The van der Waals surface area contributed by atoms with Crippen molar-refractivity contribution in [3.63, 3.8) is 0 Å². The summed E-state index contributed by atoms with van der Waals surface area (Å²) in [4.78, 5) is 37.0. The molecule has 0 fully saturated rings. The van der Waals surface area contributed by atoms with Crippen LogP contribution in [0.5, 0.6) is 0 Å². The SMILES string of the molecule is CC/C=C/C=C/C=C/CCCCCCCC(=O)OC(COC(=O)CC/C=C/CCCCC)COP(=O)([O-])OCC[N+](C)(C)C. The molecule has 0 radical (unpaired) electrons. The van der Waals surface area contributed by atoms with Crippen molar-refractivity contribution in [3.05, 3.63) is 48.6 Å². The van der Waals surface area contributed by atoms with Gasteiger partial charge in [0, 0.05) is 12.8 Å².